The Labute approximate surface area is 144 Å². The second-order valence-electron chi connectivity index (χ2n) is 5.87. The molecule has 2 aliphatic rings. The number of anilines is 1. The first-order valence-corrected chi connectivity index (χ1v) is 8.44. The molecular formula is C18H14Cl3N. The Bertz CT molecular complexity index is 769. The Morgan fingerprint density at radius 3 is 2.50 bits per heavy atom. The Balaban J connectivity index is 1.81. The van der Waals surface area contributed by atoms with E-state index in [9.17, 15) is 0 Å². The van der Waals surface area contributed by atoms with Crippen molar-refractivity contribution in [3.63, 3.8) is 0 Å². The Kier molecular flexibility index (Phi) is 3.60. The highest BCUT2D eigenvalue weighted by molar-refractivity contribution is 6.35. The van der Waals surface area contributed by atoms with E-state index < -0.39 is 0 Å². The zero-order chi connectivity index (χ0) is 15.3. The Morgan fingerprint density at radius 1 is 0.909 bits per heavy atom. The maximum atomic E-state index is 6.44. The van der Waals surface area contributed by atoms with Crippen LogP contribution in [0.4, 0.5) is 5.69 Å². The standard InChI is InChI=1S/C18H14Cl3N/c19-10-5-7-17-15(8-10)12-2-1-3-13(12)18(22-17)14-6-4-11(20)9-16(14)21/h1-2,4-9,12-13,18,22H,3H2/t12-,13+,18+/m1/s1. The molecule has 0 aromatic heterocycles. The van der Waals surface area contributed by atoms with Crippen molar-refractivity contribution in [2.24, 2.45) is 5.92 Å². The van der Waals surface area contributed by atoms with Gasteiger partial charge in [0.2, 0.25) is 0 Å². The minimum Gasteiger partial charge on any atom is -0.378 e. The maximum Gasteiger partial charge on any atom is 0.0568 e. The van der Waals surface area contributed by atoms with Gasteiger partial charge in [-0.15, -0.1) is 0 Å². The summed E-state index contributed by atoms with van der Waals surface area (Å²) in [6.45, 7) is 0. The van der Waals surface area contributed by atoms with Crippen LogP contribution in [0.15, 0.2) is 48.6 Å². The summed E-state index contributed by atoms with van der Waals surface area (Å²) in [5.41, 5.74) is 3.51. The van der Waals surface area contributed by atoms with Crippen LogP contribution < -0.4 is 5.32 Å². The van der Waals surface area contributed by atoms with E-state index >= 15 is 0 Å². The van der Waals surface area contributed by atoms with Gasteiger partial charge in [0.15, 0.2) is 0 Å². The summed E-state index contributed by atoms with van der Waals surface area (Å²) in [6, 6.07) is 12.0. The van der Waals surface area contributed by atoms with Gasteiger partial charge in [-0.05, 0) is 53.8 Å². The third kappa shape index (κ3) is 2.32. The first kappa shape index (κ1) is 14.4. The number of hydrogen-bond donors (Lipinski definition) is 1. The van der Waals surface area contributed by atoms with Crippen molar-refractivity contribution >= 4 is 40.5 Å². The molecule has 2 aromatic carbocycles. The summed E-state index contributed by atoms with van der Waals surface area (Å²) in [4.78, 5) is 0. The zero-order valence-corrected chi connectivity index (χ0v) is 14.0. The number of nitrogens with one attached hydrogen (secondary N) is 1. The number of allylic oxidation sites excluding steroid dienone is 2. The first-order chi connectivity index (χ1) is 10.6. The van der Waals surface area contributed by atoms with Gasteiger partial charge in [0.25, 0.3) is 0 Å². The molecule has 1 aliphatic heterocycles. The highest BCUT2D eigenvalue weighted by Crippen LogP contribution is 2.51. The van der Waals surface area contributed by atoms with E-state index in [2.05, 4.69) is 29.6 Å². The molecule has 1 heterocycles. The van der Waals surface area contributed by atoms with Crippen LogP contribution in [0.5, 0.6) is 0 Å². The molecule has 0 saturated heterocycles. The minimum atomic E-state index is 0.179. The third-order valence-electron chi connectivity index (χ3n) is 4.62. The minimum absolute atomic E-state index is 0.179. The van der Waals surface area contributed by atoms with Gasteiger partial charge in [0, 0.05) is 26.7 Å². The summed E-state index contributed by atoms with van der Waals surface area (Å²) in [5, 5.41) is 5.81. The van der Waals surface area contributed by atoms with Crippen LogP contribution in [0, 0.1) is 5.92 Å². The van der Waals surface area contributed by atoms with E-state index in [0.29, 0.717) is 21.9 Å². The fraction of sp³-hybridized carbons (Fsp3) is 0.222. The molecule has 1 N–H and O–H groups in total. The third-order valence-corrected chi connectivity index (χ3v) is 5.42. The van der Waals surface area contributed by atoms with Crippen LogP contribution in [-0.4, -0.2) is 0 Å². The summed E-state index contributed by atoms with van der Waals surface area (Å²) < 4.78 is 0. The van der Waals surface area contributed by atoms with Crippen molar-refractivity contribution in [1.29, 1.82) is 0 Å². The highest BCUT2D eigenvalue weighted by atomic mass is 35.5. The second-order valence-corrected chi connectivity index (χ2v) is 7.15. The van der Waals surface area contributed by atoms with Crippen LogP contribution in [0.3, 0.4) is 0 Å². The van der Waals surface area contributed by atoms with Crippen molar-refractivity contribution in [3.05, 3.63) is 74.7 Å². The molecule has 0 unspecified atom stereocenters. The largest absolute Gasteiger partial charge is 0.378 e. The summed E-state index contributed by atoms with van der Waals surface area (Å²) in [5.74, 6) is 0.830. The van der Waals surface area contributed by atoms with Gasteiger partial charge in [-0.3, -0.25) is 0 Å². The van der Waals surface area contributed by atoms with Gasteiger partial charge in [0.1, 0.15) is 0 Å². The molecule has 4 heteroatoms. The molecule has 0 bridgehead atoms. The number of fused-ring (bicyclic) bond motifs is 3. The van der Waals surface area contributed by atoms with Crippen LogP contribution in [-0.2, 0) is 0 Å². The van der Waals surface area contributed by atoms with E-state index in [0.717, 1.165) is 22.7 Å². The molecule has 0 radical (unpaired) electrons. The molecule has 112 valence electrons. The van der Waals surface area contributed by atoms with Gasteiger partial charge >= 0.3 is 0 Å². The zero-order valence-electron chi connectivity index (χ0n) is 11.7. The van der Waals surface area contributed by atoms with E-state index in [1.54, 1.807) is 0 Å². The number of halogens is 3. The average Bonchev–Trinajstić information content (AvgIpc) is 2.97. The monoisotopic (exact) mass is 349 g/mol. The molecular weight excluding hydrogens is 337 g/mol. The summed E-state index contributed by atoms with van der Waals surface area (Å²) in [7, 11) is 0. The topological polar surface area (TPSA) is 12.0 Å². The second kappa shape index (κ2) is 5.49. The fourth-order valence-corrected chi connectivity index (χ4v) is 4.33. The molecule has 0 saturated carbocycles. The van der Waals surface area contributed by atoms with Gasteiger partial charge in [-0.2, -0.15) is 0 Å². The molecule has 0 amide bonds. The lowest BCUT2D eigenvalue weighted by molar-refractivity contribution is 0.426. The molecule has 1 nitrogen and oxygen atoms in total. The molecule has 3 atom stereocenters. The van der Waals surface area contributed by atoms with Crippen LogP contribution in [0.2, 0.25) is 15.1 Å². The molecule has 22 heavy (non-hydrogen) atoms. The van der Waals surface area contributed by atoms with E-state index in [1.165, 1.54) is 5.56 Å². The number of rotatable bonds is 1. The Hall–Kier alpha value is -1.15. The average molecular weight is 351 g/mol. The summed E-state index contributed by atoms with van der Waals surface area (Å²) in [6.07, 6.45) is 5.58. The quantitative estimate of drug-likeness (QED) is 0.581. The molecule has 2 aromatic rings. The van der Waals surface area contributed by atoms with Gasteiger partial charge < -0.3 is 5.32 Å². The lowest BCUT2D eigenvalue weighted by Crippen LogP contribution is -2.29. The van der Waals surface area contributed by atoms with E-state index in [-0.39, 0.29) is 6.04 Å². The molecule has 0 fully saturated rings. The number of hydrogen-bond acceptors (Lipinski definition) is 1. The number of benzene rings is 2. The lowest BCUT2D eigenvalue weighted by atomic mass is 9.77. The smallest absolute Gasteiger partial charge is 0.0568 e. The van der Waals surface area contributed by atoms with Gasteiger partial charge in [-0.1, -0.05) is 53.0 Å². The molecule has 4 rings (SSSR count). The molecule has 1 aliphatic carbocycles. The van der Waals surface area contributed by atoms with Gasteiger partial charge in [-0.25, -0.2) is 0 Å². The predicted octanol–water partition coefficient (Wildman–Crippen LogP) is 6.47. The van der Waals surface area contributed by atoms with Crippen molar-refractivity contribution < 1.29 is 0 Å². The van der Waals surface area contributed by atoms with E-state index in [1.807, 2.05) is 24.3 Å². The van der Waals surface area contributed by atoms with Crippen molar-refractivity contribution in [3.8, 4) is 0 Å². The SMILES string of the molecule is Clc1ccc([C@H]2Nc3ccc(Cl)cc3[C@@H]3C=CC[C@H]23)c(Cl)c1. The first-order valence-electron chi connectivity index (χ1n) is 7.31. The van der Waals surface area contributed by atoms with Crippen LogP contribution in [0.25, 0.3) is 0 Å². The van der Waals surface area contributed by atoms with Crippen molar-refractivity contribution in [2.75, 3.05) is 5.32 Å². The predicted molar refractivity (Wildman–Crippen MR) is 94.3 cm³/mol. The fourth-order valence-electron chi connectivity index (χ4n) is 3.63. The van der Waals surface area contributed by atoms with Crippen molar-refractivity contribution in [1.82, 2.24) is 0 Å². The van der Waals surface area contributed by atoms with E-state index in [4.69, 9.17) is 34.8 Å². The maximum absolute atomic E-state index is 6.44. The van der Waals surface area contributed by atoms with Crippen LogP contribution >= 0.6 is 34.8 Å². The van der Waals surface area contributed by atoms with Gasteiger partial charge in [0.05, 0.1) is 6.04 Å². The lowest BCUT2D eigenvalue weighted by Gasteiger charge is -2.38. The molecule has 0 spiro atoms. The Morgan fingerprint density at radius 2 is 1.68 bits per heavy atom. The van der Waals surface area contributed by atoms with Crippen LogP contribution in [0.1, 0.15) is 29.5 Å². The highest BCUT2D eigenvalue weighted by Gasteiger charge is 2.38. The summed E-state index contributed by atoms with van der Waals surface area (Å²) >= 11 is 18.6. The van der Waals surface area contributed by atoms with Crippen molar-refractivity contribution in [2.45, 2.75) is 18.4 Å². The normalized spacial score (nSPS) is 25.5.